The highest BCUT2D eigenvalue weighted by atomic mass is 127. The number of halogens is 3. The van der Waals surface area contributed by atoms with Crippen LogP contribution < -0.4 is 5.32 Å². The maximum absolute atomic E-state index is 14.6. The van der Waals surface area contributed by atoms with Gasteiger partial charge in [0.1, 0.15) is 28.8 Å². The standard InChI is InChI=1S/C22H18F2IN3/c1-3-15-7-5-9-19-26-21(16-11-10-14(23)12-17(16)24)22(28(15)19)27-20-13(2)6-4-8-18(20)25/h4-12,27H,3H2,1-2H3. The lowest BCUT2D eigenvalue weighted by molar-refractivity contribution is 0.585. The number of nitrogens with zero attached hydrogens (tertiary/aromatic N) is 2. The molecule has 2 heterocycles. The Labute approximate surface area is 175 Å². The van der Waals surface area contributed by atoms with E-state index in [-0.39, 0.29) is 5.56 Å². The number of hydrogen-bond acceptors (Lipinski definition) is 2. The van der Waals surface area contributed by atoms with E-state index in [0.29, 0.717) is 17.2 Å². The summed E-state index contributed by atoms with van der Waals surface area (Å²) in [5.41, 5.74) is 4.49. The van der Waals surface area contributed by atoms with Gasteiger partial charge in [-0.25, -0.2) is 13.8 Å². The minimum absolute atomic E-state index is 0.262. The zero-order valence-electron chi connectivity index (χ0n) is 15.4. The number of anilines is 2. The summed E-state index contributed by atoms with van der Waals surface area (Å²) in [5, 5.41) is 3.48. The Morgan fingerprint density at radius 2 is 1.86 bits per heavy atom. The van der Waals surface area contributed by atoms with Gasteiger partial charge in [-0.1, -0.05) is 25.1 Å². The molecule has 0 unspecified atom stereocenters. The quantitative estimate of drug-likeness (QED) is 0.332. The first kappa shape index (κ1) is 18.9. The zero-order valence-corrected chi connectivity index (χ0v) is 17.6. The summed E-state index contributed by atoms with van der Waals surface area (Å²) in [5.74, 6) is -0.573. The van der Waals surface area contributed by atoms with Gasteiger partial charge in [-0.05, 0) is 71.8 Å². The van der Waals surface area contributed by atoms with Crippen LogP contribution in [0.5, 0.6) is 0 Å². The van der Waals surface area contributed by atoms with E-state index in [1.807, 2.05) is 47.7 Å². The summed E-state index contributed by atoms with van der Waals surface area (Å²) >= 11 is 2.27. The van der Waals surface area contributed by atoms with Gasteiger partial charge >= 0.3 is 0 Å². The lowest BCUT2D eigenvalue weighted by Crippen LogP contribution is -2.04. The number of benzene rings is 2. The Kier molecular flexibility index (Phi) is 5.05. The number of pyridine rings is 1. The largest absolute Gasteiger partial charge is 0.338 e. The van der Waals surface area contributed by atoms with E-state index in [1.165, 1.54) is 12.1 Å². The zero-order chi connectivity index (χ0) is 19.8. The van der Waals surface area contributed by atoms with Crippen molar-refractivity contribution in [3.8, 4) is 11.3 Å². The molecule has 0 bridgehead atoms. The number of fused-ring (bicyclic) bond motifs is 1. The van der Waals surface area contributed by atoms with Gasteiger partial charge in [0.2, 0.25) is 0 Å². The van der Waals surface area contributed by atoms with Crippen LogP contribution in [0.2, 0.25) is 0 Å². The van der Waals surface area contributed by atoms with Crippen LogP contribution in [0.15, 0.2) is 54.6 Å². The average Bonchev–Trinajstić information content (AvgIpc) is 3.03. The molecule has 0 amide bonds. The second-order valence-corrected chi connectivity index (χ2v) is 7.72. The molecule has 6 heteroatoms. The first-order valence-electron chi connectivity index (χ1n) is 8.97. The highest BCUT2D eigenvalue weighted by Gasteiger charge is 2.20. The lowest BCUT2D eigenvalue weighted by atomic mass is 10.1. The van der Waals surface area contributed by atoms with Crippen molar-refractivity contribution < 1.29 is 8.78 Å². The predicted octanol–water partition coefficient (Wildman–Crippen LogP) is 6.50. The molecule has 0 saturated heterocycles. The number of nitrogens with one attached hydrogen (secondary N) is 1. The summed E-state index contributed by atoms with van der Waals surface area (Å²) in [6.07, 6.45) is 0.790. The van der Waals surface area contributed by atoms with Crippen LogP contribution in [0, 0.1) is 22.1 Å². The molecule has 0 aliphatic heterocycles. The summed E-state index contributed by atoms with van der Waals surface area (Å²) < 4.78 is 31.1. The molecule has 0 aliphatic rings. The third-order valence-electron chi connectivity index (χ3n) is 4.74. The molecule has 2 aromatic heterocycles. The van der Waals surface area contributed by atoms with Crippen molar-refractivity contribution in [2.45, 2.75) is 20.3 Å². The number of imidazole rings is 1. The van der Waals surface area contributed by atoms with Crippen molar-refractivity contribution in [3.05, 3.63) is 81.1 Å². The van der Waals surface area contributed by atoms with Crippen molar-refractivity contribution in [3.63, 3.8) is 0 Å². The molecule has 28 heavy (non-hydrogen) atoms. The number of aromatic nitrogens is 2. The number of hydrogen-bond donors (Lipinski definition) is 1. The van der Waals surface area contributed by atoms with E-state index in [2.05, 4.69) is 39.8 Å². The van der Waals surface area contributed by atoms with E-state index >= 15 is 0 Å². The summed E-state index contributed by atoms with van der Waals surface area (Å²) in [4.78, 5) is 4.67. The summed E-state index contributed by atoms with van der Waals surface area (Å²) in [6, 6.07) is 15.5. The number of aryl methyl sites for hydroxylation is 2. The molecule has 0 spiro atoms. The maximum atomic E-state index is 14.6. The van der Waals surface area contributed by atoms with Crippen molar-refractivity contribution >= 4 is 39.7 Å². The molecular formula is C22H18F2IN3. The van der Waals surface area contributed by atoms with Crippen LogP contribution in [0.4, 0.5) is 20.3 Å². The SMILES string of the molecule is CCc1cccc2nc(-c3ccc(F)cc3F)c(Nc3c(C)cccc3I)n12. The molecule has 142 valence electrons. The van der Waals surface area contributed by atoms with Gasteiger partial charge in [-0.15, -0.1) is 0 Å². The first-order valence-corrected chi connectivity index (χ1v) is 10.1. The van der Waals surface area contributed by atoms with E-state index in [9.17, 15) is 8.78 Å². The van der Waals surface area contributed by atoms with E-state index in [0.717, 1.165) is 33.0 Å². The van der Waals surface area contributed by atoms with E-state index < -0.39 is 11.6 Å². The molecular weight excluding hydrogens is 471 g/mol. The minimum atomic E-state index is -0.635. The minimum Gasteiger partial charge on any atom is -0.338 e. The van der Waals surface area contributed by atoms with E-state index in [4.69, 9.17) is 0 Å². The second kappa shape index (κ2) is 7.50. The fourth-order valence-corrected chi connectivity index (χ4v) is 4.10. The maximum Gasteiger partial charge on any atom is 0.143 e. The van der Waals surface area contributed by atoms with Crippen LogP contribution in [-0.2, 0) is 6.42 Å². The molecule has 0 aliphatic carbocycles. The van der Waals surface area contributed by atoms with Gasteiger partial charge in [0.15, 0.2) is 0 Å². The van der Waals surface area contributed by atoms with Crippen LogP contribution >= 0.6 is 22.6 Å². The van der Waals surface area contributed by atoms with Gasteiger partial charge < -0.3 is 5.32 Å². The Hall–Kier alpha value is -2.48. The van der Waals surface area contributed by atoms with Gasteiger partial charge in [0.25, 0.3) is 0 Å². The molecule has 2 aromatic carbocycles. The molecule has 0 fully saturated rings. The van der Waals surface area contributed by atoms with Gasteiger partial charge in [-0.2, -0.15) is 0 Å². The monoisotopic (exact) mass is 489 g/mol. The van der Waals surface area contributed by atoms with Crippen LogP contribution in [0.25, 0.3) is 16.9 Å². The predicted molar refractivity (Wildman–Crippen MR) is 117 cm³/mol. The van der Waals surface area contributed by atoms with Crippen LogP contribution in [0.3, 0.4) is 0 Å². The molecule has 3 nitrogen and oxygen atoms in total. The summed E-state index contributed by atoms with van der Waals surface area (Å²) in [7, 11) is 0. The molecule has 0 saturated carbocycles. The van der Waals surface area contributed by atoms with Crippen molar-refractivity contribution in [2.24, 2.45) is 0 Å². The fourth-order valence-electron chi connectivity index (χ4n) is 3.33. The molecule has 0 atom stereocenters. The third kappa shape index (κ3) is 3.26. The van der Waals surface area contributed by atoms with Crippen molar-refractivity contribution in [1.29, 1.82) is 0 Å². The van der Waals surface area contributed by atoms with Crippen LogP contribution in [0.1, 0.15) is 18.2 Å². The first-order chi connectivity index (χ1) is 13.5. The van der Waals surface area contributed by atoms with Crippen LogP contribution in [-0.4, -0.2) is 9.38 Å². The van der Waals surface area contributed by atoms with Crippen molar-refractivity contribution in [1.82, 2.24) is 9.38 Å². The molecule has 1 N–H and O–H groups in total. The normalized spacial score (nSPS) is 11.2. The highest BCUT2D eigenvalue weighted by molar-refractivity contribution is 14.1. The molecule has 4 aromatic rings. The van der Waals surface area contributed by atoms with Gasteiger partial charge in [0.05, 0.1) is 5.69 Å². The molecule has 4 rings (SSSR count). The Morgan fingerprint density at radius 3 is 2.57 bits per heavy atom. The third-order valence-corrected chi connectivity index (χ3v) is 5.64. The Morgan fingerprint density at radius 1 is 1.07 bits per heavy atom. The Balaban J connectivity index is 2.01. The smallest absolute Gasteiger partial charge is 0.143 e. The average molecular weight is 489 g/mol. The highest BCUT2D eigenvalue weighted by Crippen LogP contribution is 2.36. The number of para-hydroxylation sites is 1. The summed E-state index contributed by atoms with van der Waals surface area (Å²) in [6.45, 7) is 4.08. The molecule has 0 radical (unpaired) electrons. The Bertz CT molecular complexity index is 1160. The fraction of sp³-hybridized carbons (Fsp3) is 0.136. The van der Waals surface area contributed by atoms with Gasteiger partial charge in [-0.3, -0.25) is 4.40 Å². The lowest BCUT2D eigenvalue weighted by Gasteiger charge is -2.15. The van der Waals surface area contributed by atoms with E-state index in [1.54, 1.807) is 0 Å². The topological polar surface area (TPSA) is 29.3 Å². The second-order valence-electron chi connectivity index (χ2n) is 6.55. The number of rotatable bonds is 4. The van der Waals surface area contributed by atoms with Crippen molar-refractivity contribution in [2.75, 3.05) is 5.32 Å². The van der Waals surface area contributed by atoms with Gasteiger partial charge in [0, 0.05) is 20.9 Å².